The minimum absolute atomic E-state index is 0.0300. The first-order chi connectivity index (χ1) is 13.7. The molecule has 2 N–H and O–H groups in total. The van der Waals surface area contributed by atoms with E-state index in [-0.39, 0.29) is 6.04 Å². The summed E-state index contributed by atoms with van der Waals surface area (Å²) in [6.07, 6.45) is 0. The minimum atomic E-state index is -0.0300. The Morgan fingerprint density at radius 2 is 2.18 bits per heavy atom. The van der Waals surface area contributed by atoms with Crippen LogP contribution in [0.3, 0.4) is 0 Å². The number of hydrogen-bond acceptors (Lipinski definition) is 8. The number of nitrogens with one attached hydrogen (secondary N) is 2. The third kappa shape index (κ3) is 3.09. The third-order valence-electron chi connectivity index (χ3n) is 5.15. The van der Waals surface area contributed by atoms with Crippen molar-refractivity contribution >= 4 is 29.1 Å². The fourth-order valence-electron chi connectivity index (χ4n) is 3.85. The number of aliphatic imine (C=N–C) groups is 1. The fraction of sp³-hybridized carbons (Fsp3) is 0.400. The molecule has 3 aliphatic heterocycles. The Morgan fingerprint density at radius 1 is 1.32 bits per heavy atom. The molecule has 0 aliphatic carbocycles. The molecule has 3 aliphatic rings. The highest BCUT2D eigenvalue weighted by molar-refractivity contribution is 8.03. The molecule has 8 heteroatoms. The van der Waals surface area contributed by atoms with Gasteiger partial charge in [0.1, 0.15) is 16.9 Å². The van der Waals surface area contributed by atoms with E-state index in [0.717, 1.165) is 42.7 Å². The van der Waals surface area contributed by atoms with Crippen LogP contribution in [0.4, 0.5) is 0 Å². The molecule has 0 aromatic carbocycles. The Kier molecular flexibility index (Phi) is 4.78. The molecule has 5 rings (SSSR count). The molecule has 6 nitrogen and oxygen atoms in total. The number of thioether (sulfide) groups is 1. The molecule has 0 spiro atoms. The number of rotatable bonds is 3. The summed E-state index contributed by atoms with van der Waals surface area (Å²) < 4.78 is 5.78. The van der Waals surface area contributed by atoms with Crippen LogP contribution in [-0.2, 0) is 4.74 Å². The molecule has 2 aromatic heterocycles. The van der Waals surface area contributed by atoms with Crippen LogP contribution >= 0.6 is 23.1 Å². The van der Waals surface area contributed by atoms with E-state index in [2.05, 4.69) is 46.0 Å². The molecule has 0 saturated carbocycles. The molecule has 0 radical (unpaired) electrons. The van der Waals surface area contributed by atoms with Gasteiger partial charge in [-0.3, -0.25) is 5.32 Å². The van der Waals surface area contributed by atoms with Gasteiger partial charge < -0.3 is 15.0 Å². The summed E-state index contributed by atoms with van der Waals surface area (Å²) >= 11 is 3.48. The molecule has 5 heterocycles. The lowest BCUT2D eigenvalue weighted by Crippen LogP contribution is -2.48. The molecule has 1 saturated heterocycles. The van der Waals surface area contributed by atoms with Crippen molar-refractivity contribution in [2.24, 2.45) is 4.99 Å². The van der Waals surface area contributed by atoms with Crippen LogP contribution in [0.25, 0.3) is 10.6 Å². The molecule has 2 aromatic rings. The summed E-state index contributed by atoms with van der Waals surface area (Å²) in [5.41, 5.74) is 3.50. The van der Waals surface area contributed by atoms with Crippen molar-refractivity contribution in [3.63, 3.8) is 0 Å². The summed E-state index contributed by atoms with van der Waals surface area (Å²) in [6.45, 7) is 8.68. The van der Waals surface area contributed by atoms with Crippen molar-refractivity contribution in [3.05, 3.63) is 45.4 Å². The predicted molar refractivity (Wildman–Crippen MR) is 115 cm³/mol. The number of amidine groups is 1. The van der Waals surface area contributed by atoms with E-state index in [0.29, 0.717) is 12.6 Å². The number of thiophene rings is 1. The Morgan fingerprint density at radius 3 is 2.93 bits per heavy atom. The van der Waals surface area contributed by atoms with Gasteiger partial charge in [0.25, 0.3) is 6.02 Å². The summed E-state index contributed by atoms with van der Waals surface area (Å²) in [4.78, 5) is 14.7. The van der Waals surface area contributed by atoms with Crippen molar-refractivity contribution < 1.29 is 4.74 Å². The van der Waals surface area contributed by atoms with Crippen molar-refractivity contribution in [2.75, 3.05) is 32.8 Å². The minimum Gasteiger partial charge on any atom is -0.465 e. The first-order valence-electron chi connectivity index (χ1n) is 9.65. The quantitative estimate of drug-likeness (QED) is 0.805. The van der Waals surface area contributed by atoms with E-state index >= 15 is 0 Å². The topological polar surface area (TPSA) is 61.8 Å². The van der Waals surface area contributed by atoms with Crippen molar-refractivity contribution in [1.82, 2.24) is 20.5 Å². The molecular weight excluding hydrogens is 390 g/mol. The Bertz CT molecular complexity index is 948. The first-order valence-corrected chi connectivity index (χ1v) is 11.3. The van der Waals surface area contributed by atoms with E-state index in [1.54, 1.807) is 23.1 Å². The smallest absolute Gasteiger partial charge is 0.291 e. The van der Waals surface area contributed by atoms with Gasteiger partial charge >= 0.3 is 0 Å². The Labute approximate surface area is 173 Å². The summed E-state index contributed by atoms with van der Waals surface area (Å²) in [7, 11) is 0. The van der Waals surface area contributed by atoms with E-state index in [4.69, 9.17) is 14.7 Å². The van der Waals surface area contributed by atoms with Gasteiger partial charge in [-0.15, -0.1) is 11.3 Å². The van der Waals surface area contributed by atoms with Crippen LogP contribution in [0, 0.1) is 6.92 Å². The second kappa shape index (κ2) is 7.42. The number of piperazine rings is 1. The van der Waals surface area contributed by atoms with Crippen LogP contribution in [0.15, 0.2) is 44.3 Å². The number of hydrogen-bond donors (Lipinski definition) is 2. The summed E-state index contributed by atoms with van der Waals surface area (Å²) in [5.74, 6) is 1.13. The summed E-state index contributed by atoms with van der Waals surface area (Å²) in [6, 6.07) is 6.98. The highest BCUT2D eigenvalue weighted by Gasteiger charge is 2.39. The average Bonchev–Trinajstić information content (AvgIpc) is 3.36. The van der Waals surface area contributed by atoms with Crippen LogP contribution in [0.5, 0.6) is 0 Å². The largest absolute Gasteiger partial charge is 0.465 e. The lowest BCUT2D eigenvalue weighted by Gasteiger charge is -2.35. The first kappa shape index (κ1) is 18.0. The van der Waals surface area contributed by atoms with Gasteiger partial charge in [0.15, 0.2) is 0 Å². The fourth-order valence-corrected chi connectivity index (χ4v) is 5.83. The maximum absolute atomic E-state index is 5.78. The number of nitrogens with zero attached hydrogens (tertiary/aromatic N) is 3. The SMILES string of the molecule is CCOC1=NC2C(=C(N3CCNCC3)N1)Sc1nc(-c3cccs3)cc(C)c12. The molecule has 1 unspecified atom stereocenters. The van der Waals surface area contributed by atoms with Crippen molar-refractivity contribution in [3.8, 4) is 10.6 Å². The monoisotopic (exact) mass is 413 g/mol. The molecular formula is C20H23N5OS2. The van der Waals surface area contributed by atoms with E-state index in [1.165, 1.54) is 20.9 Å². The van der Waals surface area contributed by atoms with Gasteiger partial charge in [-0.2, -0.15) is 0 Å². The zero-order chi connectivity index (χ0) is 19.1. The lowest BCUT2D eigenvalue weighted by atomic mass is 10.0. The van der Waals surface area contributed by atoms with Crippen LogP contribution in [0.2, 0.25) is 0 Å². The van der Waals surface area contributed by atoms with Crippen molar-refractivity contribution in [1.29, 1.82) is 0 Å². The lowest BCUT2D eigenvalue weighted by molar-refractivity contribution is 0.263. The van der Waals surface area contributed by atoms with Gasteiger partial charge in [-0.25, -0.2) is 9.98 Å². The van der Waals surface area contributed by atoms with Crippen LogP contribution in [0.1, 0.15) is 24.1 Å². The van der Waals surface area contributed by atoms with E-state index in [9.17, 15) is 0 Å². The van der Waals surface area contributed by atoms with Gasteiger partial charge in [0, 0.05) is 31.7 Å². The van der Waals surface area contributed by atoms with Crippen molar-refractivity contribution in [2.45, 2.75) is 24.9 Å². The summed E-state index contributed by atoms with van der Waals surface area (Å²) in [5, 5.41) is 10.0. The van der Waals surface area contributed by atoms with E-state index in [1.807, 2.05) is 6.92 Å². The van der Waals surface area contributed by atoms with Crippen LogP contribution in [-0.4, -0.2) is 48.7 Å². The molecule has 1 fully saturated rings. The molecule has 28 heavy (non-hydrogen) atoms. The van der Waals surface area contributed by atoms with Gasteiger partial charge in [-0.1, -0.05) is 17.8 Å². The zero-order valence-electron chi connectivity index (χ0n) is 16.0. The number of fused-ring (bicyclic) bond motifs is 3. The zero-order valence-corrected chi connectivity index (χ0v) is 17.6. The van der Waals surface area contributed by atoms with Crippen LogP contribution < -0.4 is 10.6 Å². The molecule has 0 bridgehead atoms. The number of ether oxygens (including phenoxy) is 1. The Hall–Kier alpha value is -2.03. The van der Waals surface area contributed by atoms with E-state index < -0.39 is 0 Å². The highest BCUT2D eigenvalue weighted by atomic mass is 32.2. The standard InChI is InChI=1S/C20H23N5OS2/c1-3-26-20-23-16-15-12(2)11-13(14-5-4-10-27-14)22-19(15)28-17(16)18(24-20)25-8-6-21-7-9-25/h4-5,10-11,16,21H,3,6-9H2,1-2H3,(H,23,24). The number of aromatic nitrogens is 1. The van der Waals surface area contributed by atoms with Gasteiger partial charge in [0.05, 0.1) is 22.1 Å². The predicted octanol–water partition coefficient (Wildman–Crippen LogP) is 3.34. The number of pyridine rings is 1. The van der Waals surface area contributed by atoms with Gasteiger partial charge in [0.2, 0.25) is 0 Å². The molecule has 146 valence electrons. The third-order valence-corrected chi connectivity index (χ3v) is 7.19. The Balaban J connectivity index is 1.59. The molecule has 1 atom stereocenters. The molecule has 0 amide bonds. The maximum atomic E-state index is 5.78. The highest BCUT2D eigenvalue weighted by Crippen LogP contribution is 2.52. The second-order valence-electron chi connectivity index (χ2n) is 6.97. The number of aryl methyl sites for hydroxylation is 1. The normalized spacial score (nSPS) is 21.1. The van der Waals surface area contributed by atoms with Gasteiger partial charge in [-0.05, 0) is 36.9 Å². The second-order valence-corrected chi connectivity index (χ2v) is 8.95. The maximum Gasteiger partial charge on any atom is 0.291 e. The average molecular weight is 414 g/mol.